The number of amides is 1. The summed E-state index contributed by atoms with van der Waals surface area (Å²) >= 11 is 8.97. The summed E-state index contributed by atoms with van der Waals surface area (Å²) in [4.78, 5) is 13.4. The monoisotopic (exact) mass is 303 g/mol. The van der Waals surface area contributed by atoms with Gasteiger partial charge >= 0.3 is 0 Å². The Morgan fingerprint density at radius 2 is 1.94 bits per heavy atom. The Hall–Kier alpha value is -0.540. The van der Waals surface area contributed by atoms with Crippen molar-refractivity contribution in [3.05, 3.63) is 34.3 Å². The number of alkyl halides is 1. The van der Waals surface area contributed by atoms with Gasteiger partial charge in [0.1, 0.15) is 5.88 Å². The minimum absolute atomic E-state index is 0.0282. The van der Waals surface area contributed by atoms with E-state index in [1.54, 1.807) is 4.90 Å². The average Bonchev–Trinajstić information content (AvgIpc) is 2.27. The Morgan fingerprint density at radius 1 is 1.38 bits per heavy atom. The van der Waals surface area contributed by atoms with Crippen molar-refractivity contribution in [2.75, 3.05) is 5.88 Å². The Bertz CT molecular complexity index is 351. The van der Waals surface area contributed by atoms with Crippen LogP contribution in [0.15, 0.2) is 28.7 Å². The lowest BCUT2D eigenvalue weighted by molar-refractivity contribution is -0.130. The second-order valence-corrected chi connectivity index (χ2v) is 5.06. The molecule has 1 aromatic carbocycles. The molecule has 1 amide bonds. The fourth-order valence-corrected chi connectivity index (χ4v) is 1.84. The van der Waals surface area contributed by atoms with Gasteiger partial charge in [-0.15, -0.1) is 11.6 Å². The van der Waals surface area contributed by atoms with Gasteiger partial charge in [-0.3, -0.25) is 4.79 Å². The highest BCUT2D eigenvalue weighted by Gasteiger charge is 2.15. The summed E-state index contributed by atoms with van der Waals surface area (Å²) in [7, 11) is 0. The zero-order valence-corrected chi connectivity index (χ0v) is 11.8. The fraction of sp³-hybridized carbons (Fsp3) is 0.417. The number of hydrogen-bond acceptors (Lipinski definition) is 1. The number of hydrogen-bond donors (Lipinski definition) is 0. The van der Waals surface area contributed by atoms with Crippen molar-refractivity contribution in [1.29, 1.82) is 0 Å². The molecule has 1 rings (SSSR count). The molecule has 16 heavy (non-hydrogen) atoms. The van der Waals surface area contributed by atoms with Crippen LogP contribution in [0.3, 0.4) is 0 Å². The van der Waals surface area contributed by atoms with Crippen LogP contribution in [0.1, 0.15) is 19.4 Å². The van der Waals surface area contributed by atoms with Crippen molar-refractivity contribution in [3.63, 3.8) is 0 Å². The quantitative estimate of drug-likeness (QED) is 0.781. The zero-order chi connectivity index (χ0) is 12.1. The summed E-state index contributed by atoms with van der Waals surface area (Å²) in [6.07, 6.45) is 0. The Kier molecular flexibility index (Phi) is 5.29. The lowest BCUT2D eigenvalue weighted by atomic mass is 10.2. The van der Waals surface area contributed by atoms with E-state index in [4.69, 9.17) is 11.6 Å². The zero-order valence-electron chi connectivity index (χ0n) is 9.41. The van der Waals surface area contributed by atoms with Crippen molar-refractivity contribution >= 4 is 33.4 Å². The minimum Gasteiger partial charge on any atom is -0.335 e. The van der Waals surface area contributed by atoms with Crippen LogP contribution >= 0.6 is 27.5 Å². The molecule has 0 spiro atoms. The van der Waals surface area contributed by atoms with Gasteiger partial charge in [-0.2, -0.15) is 0 Å². The van der Waals surface area contributed by atoms with Gasteiger partial charge < -0.3 is 4.90 Å². The predicted octanol–water partition coefficient (Wildman–Crippen LogP) is 3.42. The molecule has 1 aromatic rings. The maximum Gasteiger partial charge on any atom is 0.238 e. The van der Waals surface area contributed by atoms with Gasteiger partial charge in [-0.1, -0.05) is 28.1 Å². The van der Waals surface area contributed by atoms with Crippen LogP contribution in [0, 0.1) is 0 Å². The molecule has 0 heterocycles. The van der Waals surface area contributed by atoms with E-state index < -0.39 is 0 Å². The minimum atomic E-state index is -0.0282. The van der Waals surface area contributed by atoms with E-state index >= 15 is 0 Å². The van der Waals surface area contributed by atoms with Crippen LogP contribution in [-0.2, 0) is 11.3 Å². The number of benzene rings is 1. The van der Waals surface area contributed by atoms with E-state index in [1.807, 2.05) is 38.1 Å². The molecule has 0 saturated carbocycles. The maximum absolute atomic E-state index is 11.6. The van der Waals surface area contributed by atoms with Crippen LogP contribution in [-0.4, -0.2) is 22.7 Å². The van der Waals surface area contributed by atoms with Gasteiger partial charge in [0.2, 0.25) is 5.91 Å². The molecule has 0 aliphatic rings. The highest BCUT2D eigenvalue weighted by Crippen LogP contribution is 2.14. The summed E-state index contributed by atoms with van der Waals surface area (Å²) in [5.74, 6) is 0.00826. The SMILES string of the molecule is CC(C)N(Cc1ccc(Br)cc1)C(=O)CCl. The van der Waals surface area contributed by atoms with Crippen LogP contribution in [0.4, 0.5) is 0 Å². The van der Waals surface area contributed by atoms with Gasteiger partial charge in [-0.25, -0.2) is 0 Å². The fourth-order valence-electron chi connectivity index (χ4n) is 1.42. The normalized spacial score (nSPS) is 10.6. The first-order valence-electron chi connectivity index (χ1n) is 5.14. The standard InChI is InChI=1S/C12H15BrClNO/c1-9(2)15(12(16)7-14)8-10-3-5-11(13)6-4-10/h3-6,9H,7-8H2,1-2H3. The second-order valence-electron chi connectivity index (χ2n) is 3.88. The maximum atomic E-state index is 11.6. The van der Waals surface area contributed by atoms with Crippen molar-refractivity contribution < 1.29 is 4.79 Å². The molecular formula is C12H15BrClNO. The summed E-state index contributed by atoms with van der Waals surface area (Å²) in [5, 5.41) is 0. The summed E-state index contributed by atoms with van der Waals surface area (Å²) in [6, 6.07) is 8.11. The third-order valence-electron chi connectivity index (χ3n) is 2.32. The van der Waals surface area contributed by atoms with Crippen LogP contribution in [0.25, 0.3) is 0 Å². The van der Waals surface area contributed by atoms with Crippen LogP contribution in [0.5, 0.6) is 0 Å². The summed E-state index contributed by atoms with van der Waals surface area (Å²) < 4.78 is 1.04. The van der Waals surface area contributed by atoms with E-state index in [1.165, 1.54) is 0 Å². The first-order valence-corrected chi connectivity index (χ1v) is 6.47. The lowest BCUT2D eigenvalue weighted by Crippen LogP contribution is -2.37. The first kappa shape index (κ1) is 13.5. The molecule has 4 heteroatoms. The Labute approximate surface area is 110 Å². The van der Waals surface area contributed by atoms with Gasteiger partial charge in [0.25, 0.3) is 0 Å². The number of carbonyl (C=O) groups is 1. The molecule has 0 aliphatic heterocycles. The third-order valence-corrected chi connectivity index (χ3v) is 3.08. The number of nitrogens with zero attached hydrogens (tertiary/aromatic N) is 1. The molecule has 0 N–H and O–H groups in total. The molecule has 0 aromatic heterocycles. The Balaban J connectivity index is 2.75. The number of carbonyl (C=O) groups excluding carboxylic acids is 1. The van der Waals surface area contributed by atoms with E-state index in [9.17, 15) is 4.79 Å². The van der Waals surface area contributed by atoms with Crippen LogP contribution < -0.4 is 0 Å². The smallest absolute Gasteiger partial charge is 0.238 e. The van der Waals surface area contributed by atoms with Crippen molar-refractivity contribution in [2.45, 2.75) is 26.4 Å². The third kappa shape index (κ3) is 3.80. The first-order chi connectivity index (χ1) is 7.54. The van der Waals surface area contributed by atoms with Gasteiger partial charge in [0.05, 0.1) is 0 Å². The average molecular weight is 305 g/mol. The molecule has 0 saturated heterocycles. The van der Waals surface area contributed by atoms with E-state index in [2.05, 4.69) is 15.9 Å². The van der Waals surface area contributed by atoms with E-state index in [-0.39, 0.29) is 17.8 Å². The molecule has 0 fully saturated rings. The largest absolute Gasteiger partial charge is 0.335 e. The summed E-state index contributed by atoms with van der Waals surface area (Å²) in [6.45, 7) is 4.59. The highest BCUT2D eigenvalue weighted by molar-refractivity contribution is 9.10. The molecule has 0 bridgehead atoms. The van der Waals surface area contributed by atoms with Crippen molar-refractivity contribution in [2.24, 2.45) is 0 Å². The molecule has 0 unspecified atom stereocenters. The van der Waals surface area contributed by atoms with Crippen LogP contribution in [0.2, 0.25) is 0 Å². The number of halogens is 2. The van der Waals surface area contributed by atoms with Gasteiger partial charge in [0, 0.05) is 17.1 Å². The van der Waals surface area contributed by atoms with Crippen molar-refractivity contribution in [1.82, 2.24) is 4.90 Å². The highest BCUT2D eigenvalue weighted by atomic mass is 79.9. The predicted molar refractivity (Wildman–Crippen MR) is 70.5 cm³/mol. The molecule has 0 aliphatic carbocycles. The van der Waals surface area contributed by atoms with E-state index in [0.717, 1.165) is 10.0 Å². The molecule has 88 valence electrons. The second kappa shape index (κ2) is 6.26. The molecule has 2 nitrogen and oxygen atoms in total. The number of rotatable bonds is 4. The van der Waals surface area contributed by atoms with E-state index in [0.29, 0.717) is 6.54 Å². The molecular weight excluding hydrogens is 289 g/mol. The Morgan fingerprint density at radius 3 is 2.38 bits per heavy atom. The summed E-state index contributed by atoms with van der Waals surface area (Å²) in [5.41, 5.74) is 1.11. The topological polar surface area (TPSA) is 20.3 Å². The molecule has 0 atom stereocenters. The van der Waals surface area contributed by atoms with Gasteiger partial charge in [-0.05, 0) is 31.5 Å². The lowest BCUT2D eigenvalue weighted by Gasteiger charge is -2.26. The molecule has 0 radical (unpaired) electrons. The van der Waals surface area contributed by atoms with Gasteiger partial charge in [0.15, 0.2) is 0 Å². The van der Waals surface area contributed by atoms with Crippen molar-refractivity contribution in [3.8, 4) is 0 Å².